The van der Waals surface area contributed by atoms with Gasteiger partial charge < -0.3 is 14.4 Å². The van der Waals surface area contributed by atoms with E-state index in [0.717, 1.165) is 22.4 Å². The molecule has 0 aliphatic carbocycles. The highest BCUT2D eigenvalue weighted by Gasteiger charge is 2.36. The van der Waals surface area contributed by atoms with Gasteiger partial charge >= 0.3 is 5.97 Å². The van der Waals surface area contributed by atoms with Crippen LogP contribution in [0.2, 0.25) is 0 Å². The molecule has 1 amide bonds. The van der Waals surface area contributed by atoms with Gasteiger partial charge in [0.25, 0.3) is 5.91 Å². The van der Waals surface area contributed by atoms with E-state index in [2.05, 4.69) is 0 Å². The molecule has 0 bridgehead atoms. The Labute approximate surface area is 164 Å². The summed E-state index contributed by atoms with van der Waals surface area (Å²) in [6.07, 6.45) is 1.74. The number of rotatable bonds is 5. The fourth-order valence-corrected chi connectivity index (χ4v) is 3.16. The van der Waals surface area contributed by atoms with Gasteiger partial charge in [0.15, 0.2) is 0 Å². The zero-order valence-corrected chi connectivity index (χ0v) is 16.5. The molecule has 1 aliphatic heterocycles. The lowest BCUT2D eigenvalue weighted by Gasteiger charge is -2.18. The first-order valence-electron chi connectivity index (χ1n) is 8.97. The third-order valence-electron chi connectivity index (χ3n) is 4.79. The summed E-state index contributed by atoms with van der Waals surface area (Å²) in [5, 5.41) is 0. The Morgan fingerprint density at radius 1 is 1.00 bits per heavy atom. The lowest BCUT2D eigenvalue weighted by atomic mass is 10.0. The van der Waals surface area contributed by atoms with E-state index < -0.39 is 5.97 Å². The lowest BCUT2D eigenvalue weighted by molar-refractivity contribution is -0.136. The average Bonchev–Trinajstić information content (AvgIpc) is 2.94. The molecule has 5 nitrogen and oxygen atoms in total. The predicted octanol–water partition coefficient (Wildman–Crippen LogP) is 3.88. The smallest absolute Gasteiger partial charge is 0.340 e. The van der Waals surface area contributed by atoms with Crippen LogP contribution in [0.25, 0.3) is 6.08 Å². The van der Waals surface area contributed by atoms with E-state index in [0.29, 0.717) is 23.4 Å². The Morgan fingerprint density at radius 2 is 1.64 bits per heavy atom. The minimum absolute atomic E-state index is 0.214. The molecule has 28 heavy (non-hydrogen) atoms. The van der Waals surface area contributed by atoms with Crippen molar-refractivity contribution in [2.75, 3.05) is 14.2 Å². The molecule has 0 saturated carbocycles. The largest absolute Gasteiger partial charge is 0.497 e. The second-order valence-electron chi connectivity index (χ2n) is 6.66. The van der Waals surface area contributed by atoms with E-state index in [1.54, 1.807) is 25.0 Å². The monoisotopic (exact) mass is 377 g/mol. The van der Waals surface area contributed by atoms with E-state index in [1.807, 2.05) is 55.5 Å². The topological polar surface area (TPSA) is 55.8 Å². The van der Waals surface area contributed by atoms with Crippen molar-refractivity contribution in [1.29, 1.82) is 0 Å². The van der Waals surface area contributed by atoms with Gasteiger partial charge in [-0.1, -0.05) is 42.0 Å². The first-order valence-corrected chi connectivity index (χ1v) is 8.97. The number of aryl methyl sites for hydroxylation is 1. The summed E-state index contributed by atoms with van der Waals surface area (Å²) in [5.41, 5.74) is 4.17. The number of hydrogen-bond donors (Lipinski definition) is 0. The summed E-state index contributed by atoms with van der Waals surface area (Å²) >= 11 is 0. The quantitative estimate of drug-likeness (QED) is 0.586. The van der Waals surface area contributed by atoms with Gasteiger partial charge in [-0.2, -0.15) is 0 Å². The number of amides is 1. The van der Waals surface area contributed by atoms with Crippen LogP contribution in [-0.4, -0.2) is 31.0 Å². The number of allylic oxidation sites excluding steroid dienone is 1. The molecule has 3 rings (SSSR count). The molecule has 1 heterocycles. The molecule has 0 fully saturated rings. The van der Waals surface area contributed by atoms with Gasteiger partial charge in [0.05, 0.1) is 31.9 Å². The minimum atomic E-state index is -0.513. The molecule has 0 radical (unpaired) electrons. The van der Waals surface area contributed by atoms with Crippen LogP contribution in [0.15, 0.2) is 65.4 Å². The third kappa shape index (κ3) is 3.83. The molecule has 0 spiro atoms. The van der Waals surface area contributed by atoms with Crippen molar-refractivity contribution in [3.05, 3.63) is 82.1 Å². The Hall–Kier alpha value is -3.34. The number of methoxy groups -OCH3 is 2. The summed E-state index contributed by atoms with van der Waals surface area (Å²) in [6, 6.07) is 15.3. The number of nitrogens with zero attached hydrogens (tertiary/aromatic N) is 1. The third-order valence-corrected chi connectivity index (χ3v) is 4.79. The maximum Gasteiger partial charge on any atom is 0.340 e. The van der Waals surface area contributed by atoms with Gasteiger partial charge in [-0.3, -0.25) is 4.79 Å². The van der Waals surface area contributed by atoms with Gasteiger partial charge in [-0.05, 0) is 43.2 Å². The average molecular weight is 377 g/mol. The van der Waals surface area contributed by atoms with E-state index >= 15 is 0 Å². The molecule has 2 aromatic carbocycles. The molecule has 0 unspecified atom stereocenters. The normalized spacial score (nSPS) is 15.4. The number of carbonyl (C=O) groups is 2. The van der Waals surface area contributed by atoms with E-state index in [4.69, 9.17) is 9.47 Å². The van der Waals surface area contributed by atoms with Gasteiger partial charge in [-0.15, -0.1) is 0 Å². The van der Waals surface area contributed by atoms with Crippen molar-refractivity contribution >= 4 is 18.0 Å². The summed E-state index contributed by atoms with van der Waals surface area (Å²) in [4.78, 5) is 27.1. The molecule has 5 heteroatoms. The molecule has 0 N–H and O–H groups in total. The molecule has 2 aromatic rings. The van der Waals surface area contributed by atoms with Crippen LogP contribution in [0.5, 0.6) is 5.75 Å². The van der Waals surface area contributed by atoms with Gasteiger partial charge in [-0.25, -0.2) is 4.79 Å². The second-order valence-corrected chi connectivity index (χ2v) is 6.66. The van der Waals surface area contributed by atoms with Gasteiger partial charge in [0.1, 0.15) is 5.75 Å². The maximum absolute atomic E-state index is 13.1. The van der Waals surface area contributed by atoms with Crippen LogP contribution in [0.3, 0.4) is 0 Å². The Bertz CT molecular complexity index is 953. The molecule has 0 atom stereocenters. The molecular formula is C23H23NO4. The fourth-order valence-electron chi connectivity index (χ4n) is 3.16. The lowest BCUT2D eigenvalue weighted by Crippen LogP contribution is -2.24. The Kier molecular flexibility index (Phi) is 5.64. The van der Waals surface area contributed by atoms with Crippen LogP contribution in [0.4, 0.5) is 0 Å². The SMILES string of the molecule is COC(=O)C1=C(C)N(Cc2ccc(OC)cc2)C(=O)/C1=C\c1ccc(C)cc1. The number of esters is 1. The summed E-state index contributed by atoms with van der Waals surface area (Å²) in [7, 11) is 2.93. The summed E-state index contributed by atoms with van der Waals surface area (Å²) < 4.78 is 10.1. The zero-order chi connectivity index (χ0) is 20.3. The molecule has 144 valence electrons. The fraction of sp³-hybridized carbons (Fsp3) is 0.217. The van der Waals surface area contributed by atoms with Crippen molar-refractivity contribution in [2.45, 2.75) is 20.4 Å². The first-order chi connectivity index (χ1) is 13.4. The summed E-state index contributed by atoms with van der Waals surface area (Å²) in [6.45, 7) is 4.13. The number of benzene rings is 2. The van der Waals surface area contributed by atoms with Gasteiger partial charge in [0, 0.05) is 5.70 Å². The molecular weight excluding hydrogens is 354 g/mol. The molecule has 0 saturated heterocycles. The number of ether oxygens (including phenoxy) is 2. The second kappa shape index (κ2) is 8.13. The number of hydrogen-bond acceptors (Lipinski definition) is 4. The molecule has 0 aromatic heterocycles. The van der Waals surface area contributed by atoms with Crippen molar-refractivity contribution in [3.63, 3.8) is 0 Å². The van der Waals surface area contributed by atoms with Crippen molar-refractivity contribution in [2.24, 2.45) is 0 Å². The van der Waals surface area contributed by atoms with Crippen LogP contribution in [0.1, 0.15) is 23.6 Å². The maximum atomic E-state index is 13.1. The highest BCUT2D eigenvalue weighted by molar-refractivity contribution is 6.16. The van der Waals surface area contributed by atoms with Crippen LogP contribution < -0.4 is 4.74 Å². The first kappa shape index (κ1) is 19.4. The van der Waals surface area contributed by atoms with Crippen molar-refractivity contribution in [3.8, 4) is 5.75 Å². The Balaban J connectivity index is 1.97. The van der Waals surface area contributed by atoms with Crippen LogP contribution >= 0.6 is 0 Å². The van der Waals surface area contributed by atoms with Crippen LogP contribution in [0, 0.1) is 6.92 Å². The highest BCUT2D eigenvalue weighted by atomic mass is 16.5. The highest BCUT2D eigenvalue weighted by Crippen LogP contribution is 2.33. The van der Waals surface area contributed by atoms with E-state index in [1.165, 1.54) is 7.11 Å². The zero-order valence-electron chi connectivity index (χ0n) is 16.5. The predicted molar refractivity (Wildman–Crippen MR) is 107 cm³/mol. The van der Waals surface area contributed by atoms with Crippen molar-refractivity contribution in [1.82, 2.24) is 4.90 Å². The van der Waals surface area contributed by atoms with Gasteiger partial charge in [0.2, 0.25) is 0 Å². The standard InChI is InChI=1S/C23H23NO4/c1-15-5-7-17(8-6-15)13-20-21(23(26)28-4)16(2)24(22(20)25)14-18-9-11-19(27-3)12-10-18/h5-13H,14H2,1-4H3/b20-13-. The number of carbonyl (C=O) groups excluding carboxylic acids is 2. The molecule has 1 aliphatic rings. The van der Waals surface area contributed by atoms with E-state index in [9.17, 15) is 9.59 Å². The summed E-state index contributed by atoms with van der Waals surface area (Å²) in [5.74, 6) is 0.0229. The van der Waals surface area contributed by atoms with Crippen LogP contribution in [-0.2, 0) is 20.9 Å². The minimum Gasteiger partial charge on any atom is -0.497 e. The van der Waals surface area contributed by atoms with Crippen molar-refractivity contribution < 1.29 is 19.1 Å². The van der Waals surface area contributed by atoms with E-state index in [-0.39, 0.29) is 5.91 Å². The Morgan fingerprint density at radius 3 is 2.21 bits per heavy atom.